The van der Waals surface area contributed by atoms with Crippen LogP contribution in [0.5, 0.6) is 0 Å². The first-order chi connectivity index (χ1) is 8.86. The van der Waals surface area contributed by atoms with Crippen LogP contribution in [0.4, 0.5) is 0 Å². The summed E-state index contributed by atoms with van der Waals surface area (Å²) >= 11 is 1.90. The molecule has 0 saturated heterocycles. The van der Waals surface area contributed by atoms with Gasteiger partial charge in [0.1, 0.15) is 0 Å². The molecule has 0 radical (unpaired) electrons. The van der Waals surface area contributed by atoms with Gasteiger partial charge in [0.2, 0.25) is 0 Å². The summed E-state index contributed by atoms with van der Waals surface area (Å²) in [6.07, 6.45) is 0. The van der Waals surface area contributed by atoms with Crippen LogP contribution < -0.4 is 5.32 Å². The highest BCUT2D eigenvalue weighted by molar-refractivity contribution is 7.99. The zero-order valence-corrected chi connectivity index (χ0v) is 11.5. The van der Waals surface area contributed by atoms with E-state index in [1.165, 1.54) is 10.5 Å². The number of benzene rings is 2. The van der Waals surface area contributed by atoms with Crippen molar-refractivity contribution in [2.45, 2.75) is 17.9 Å². The first-order valence-electron chi connectivity index (χ1n) is 6.32. The SMILES string of the molecule is C[C@@H](NCCSc1ccccc1)c1ccccc1. The fourth-order valence-corrected chi connectivity index (χ4v) is 2.63. The summed E-state index contributed by atoms with van der Waals surface area (Å²) in [5.41, 5.74) is 1.35. The molecular formula is C16H19NS. The van der Waals surface area contributed by atoms with Crippen molar-refractivity contribution in [2.75, 3.05) is 12.3 Å². The molecule has 1 N–H and O–H groups in total. The van der Waals surface area contributed by atoms with E-state index in [2.05, 4.69) is 72.9 Å². The first kappa shape index (κ1) is 13.2. The lowest BCUT2D eigenvalue weighted by Crippen LogP contribution is -2.21. The standard InChI is InChI=1S/C16H19NS/c1-14(15-8-4-2-5-9-15)17-12-13-18-16-10-6-3-7-11-16/h2-11,14,17H,12-13H2,1H3/t14-/m1/s1. The number of hydrogen-bond donors (Lipinski definition) is 1. The molecule has 0 bridgehead atoms. The first-order valence-corrected chi connectivity index (χ1v) is 7.31. The lowest BCUT2D eigenvalue weighted by Gasteiger charge is -2.13. The Labute approximate surface area is 114 Å². The van der Waals surface area contributed by atoms with Crippen molar-refractivity contribution in [1.29, 1.82) is 0 Å². The molecule has 0 aliphatic heterocycles. The lowest BCUT2D eigenvalue weighted by molar-refractivity contribution is 0.601. The average Bonchev–Trinajstić information content (AvgIpc) is 2.45. The molecule has 1 nitrogen and oxygen atoms in total. The van der Waals surface area contributed by atoms with E-state index in [4.69, 9.17) is 0 Å². The Balaban J connectivity index is 1.70. The molecule has 94 valence electrons. The second-order valence-corrected chi connectivity index (χ2v) is 5.42. The van der Waals surface area contributed by atoms with Crippen LogP contribution in [0.25, 0.3) is 0 Å². The van der Waals surface area contributed by atoms with Gasteiger partial charge in [0.15, 0.2) is 0 Å². The monoisotopic (exact) mass is 257 g/mol. The summed E-state index contributed by atoms with van der Waals surface area (Å²) in [6, 6.07) is 21.5. The van der Waals surface area contributed by atoms with Crippen molar-refractivity contribution < 1.29 is 0 Å². The van der Waals surface area contributed by atoms with E-state index >= 15 is 0 Å². The van der Waals surface area contributed by atoms with Gasteiger partial charge in [0.05, 0.1) is 0 Å². The molecule has 0 unspecified atom stereocenters. The molecule has 0 aliphatic carbocycles. The predicted octanol–water partition coefficient (Wildman–Crippen LogP) is 4.13. The molecule has 0 heterocycles. The molecule has 0 aromatic heterocycles. The van der Waals surface area contributed by atoms with Crippen LogP contribution in [-0.2, 0) is 0 Å². The Morgan fingerprint density at radius 2 is 1.56 bits per heavy atom. The number of hydrogen-bond acceptors (Lipinski definition) is 2. The molecule has 0 fully saturated rings. The number of nitrogens with one attached hydrogen (secondary N) is 1. The maximum absolute atomic E-state index is 3.55. The molecule has 0 aliphatic rings. The minimum atomic E-state index is 0.419. The van der Waals surface area contributed by atoms with E-state index < -0.39 is 0 Å². The molecule has 2 aromatic carbocycles. The maximum Gasteiger partial charge on any atom is 0.0292 e. The van der Waals surface area contributed by atoms with Gasteiger partial charge in [-0.15, -0.1) is 11.8 Å². The Bertz CT molecular complexity index is 441. The Kier molecular flexibility index (Phi) is 5.31. The van der Waals surface area contributed by atoms with Crippen LogP contribution in [-0.4, -0.2) is 12.3 Å². The third-order valence-corrected chi connectivity index (χ3v) is 3.88. The quantitative estimate of drug-likeness (QED) is 0.617. The molecule has 18 heavy (non-hydrogen) atoms. The highest BCUT2D eigenvalue weighted by atomic mass is 32.2. The summed E-state index contributed by atoms with van der Waals surface area (Å²) in [6.45, 7) is 3.23. The lowest BCUT2D eigenvalue weighted by atomic mass is 10.1. The van der Waals surface area contributed by atoms with Crippen molar-refractivity contribution in [2.24, 2.45) is 0 Å². The molecule has 0 spiro atoms. The van der Waals surface area contributed by atoms with Gasteiger partial charge in [0.25, 0.3) is 0 Å². The van der Waals surface area contributed by atoms with Crippen molar-refractivity contribution in [3.63, 3.8) is 0 Å². The minimum Gasteiger partial charge on any atom is -0.309 e. The summed E-state index contributed by atoms with van der Waals surface area (Å²) < 4.78 is 0. The van der Waals surface area contributed by atoms with Crippen molar-refractivity contribution in [3.8, 4) is 0 Å². The van der Waals surface area contributed by atoms with Gasteiger partial charge in [-0.05, 0) is 24.6 Å². The van der Waals surface area contributed by atoms with Crippen LogP contribution in [0.3, 0.4) is 0 Å². The molecule has 2 heteroatoms. The van der Waals surface area contributed by atoms with Gasteiger partial charge in [0, 0.05) is 23.2 Å². The third kappa shape index (κ3) is 4.21. The van der Waals surface area contributed by atoms with E-state index in [9.17, 15) is 0 Å². The fraction of sp³-hybridized carbons (Fsp3) is 0.250. The fourth-order valence-electron chi connectivity index (χ4n) is 1.82. The summed E-state index contributed by atoms with van der Waals surface area (Å²) in [7, 11) is 0. The Hall–Kier alpha value is -1.25. The minimum absolute atomic E-state index is 0.419. The Morgan fingerprint density at radius 3 is 2.22 bits per heavy atom. The largest absolute Gasteiger partial charge is 0.309 e. The number of thioether (sulfide) groups is 1. The van der Waals surface area contributed by atoms with Crippen LogP contribution in [0.15, 0.2) is 65.6 Å². The van der Waals surface area contributed by atoms with Crippen LogP contribution in [0.1, 0.15) is 18.5 Å². The third-order valence-electron chi connectivity index (χ3n) is 2.86. The average molecular weight is 257 g/mol. The van der Waals surface area contributed by atoms with E-state index in [1.807, 2.05) is 11.8 Å². The second kappa shape index (κ2) is 7.24. The van der Waals surface area contributed by atoms with Crippen molar-refractivity contribution in [1.82, 2.24) is 5.32 Å². The van der Waals surface area contributed by atoms with E-state index in [1.54, 1.807) is 0 Å². The molecule has 2 rings (SSSR count). The zero-order valence-electron chi connectivity index (χ0n) is 10.7. The maximum atomic E-state index is 3.55. The van der Waals surface area contributed by atoms with E-state index in [0.717, 1.165) is 12.3 Å². The summed E-state index contributed by atoms with van der Waals surface area (Å²) in [5.74, 6) is 1.10. The molecule has 0 saturated carbocycles. The molecule has 0 amide bonds. The van der Waals surface area contributed by atoms with Crippen molar-refractivity contribution in [3.05, 3.63) is 66.2 Å². The Morgan fingerprint density at radius 1 is 0.944 bits per heavy atom. The van der Waals surface area contributed by atoms with Gasteiger partial charge in [-0.25, -0.2) is 0 Å². The highest BCUT2D eigenvalue weighted by Crippen LogP contribution is 2.16. The van der Waals surface area contributed by atoms with E-state index in [0.29, 0.717) is 6.04 Å². The molecule has 1 atom stereocenters. The van der Waals surface area contributed by atoms with Crippen LogP contribution in [0, 0.1) is 0 Å². The zero-order chi connectivity index (χ0) is 12.6. The number of rotatable bonds is 6. The van der Waals surface area contributed by atoms with E-state index in [-0.39, 0.29) is 0 Å². The highest BCUT2D eigenvalue weighted by Gasteiger charge is 2.02. The molecular weight excluding hydrogens is 238 g/mol. The van der Waals surface area contributed by atoms with Crippen LogP contribution >= 0.6 is 11.8 Å². The van der Waals surface area contributed by atoms with Gasteiger partial charge < -0.3 is 5.32 Å². The van der Waals surface area contributed by atoms with Gasteiger partial charge >= 0.3 is 0 Å². The van der Waals surface area contributed by atoms with Gasteiger partial charge in [-0.1, -0.05) is 48.5 Å². The van der Waals surface area contributed by atoms with Gasteiger partial charge in [-0.3, -0.25) is 0 Å². The van der Waals surface area contributed by atoms with Crippen LogP contribution in [0.2, 0.25) is 0 Å². The smallest absolute Gasteiger partial charge is 0.0292 e. The van der Waals surface area contributed by atoms with Gasteiger partial charge in [-0.2, -0.15) is 0 Å². The van der Waals surface area contributed by atoms with Crippen molar-refractivity contribution >= 4 is 11.8 Å². The topological polar surface area (TPSA) is 12.0 Å². The summed E-state index contributed by atoms with van der Waals surface area (Å²) in [4.78, 5) is 1.34. The molecule has 2 aromatic rings. The normalized spacial score (nSPS) is 12.3. The predicted molar refractivity (Wildman–Crippen MR) is 80.0 cm³/mol. The second-order valence-electron chi connectivity index (χ2n) is 4.25. The summed E-state index contributed by atoms with van der Waals surface area (Å²) in [5, 5.41) is 3.55.